The summed E-state index contributed by atoms with van der Waals surface area (Å²) in [6.07, 6.45) is 0.919. The van der Waals surface area contributed by atoms with Crippen LogP contribution in [0.25, 0.3) is 0 Å². The van der Waals surface area contributed by atoms with Gasteiger partial charge < -0.3 is 10.2 Å². The molecule has 2 rings (SSSR count). The Morgan fingerprint density at radius 3 is 2.50 bits per heavy atom. The lowest BCUT2D eigenvalue weighted by Gasteiger charge is -2.23. The van der Waals surface area contributed by atoms with Crippen molar-refractivity contribution in [2.24, 2.45) is 0 Å². The predicted molar refractivity (Wildman–Crippen MR) is 85.0 cm³/mol. The van der Waals surface area contributed by atoms with Gasteiger partial charge in [-0.05, 0) is 37.1 Å². The van der Waals surface area contributed by atoms with Gasteiger partial charge >= 0.3 is 0 Å². The average Bonchev–Trinajstić information content (AvgIpc) is 3.03. The Hall–Kier alpha value is -2.00. The van der Waals surface area contributed by atoms with Gasteiger partial charge in [-0.15, -0.1) is 0 Å². The summed E-state index contributed by atoms with van der Waals surface area (Å²) < 4.78 is 39.4. The molecular formula is C15H20FN3O4S. The second-order valence-electron chi connectivity index (χ2n) is 5.73. The predicted octanol–water partition coefficient (Wildman–Crippen LogP) is 0.183. The number of likely N-dealkylation sites (N-methyl/N-ethyl adjacent to an activating group) is 1. The van der Waals surface area contributed by atoms with E-state index < -0.39 is 27.8 Å². The molecule has 0 aliphatic carbocycles. The Labute approximate surface area is 140 Å². The number of benzene rings is 1. The van der Waals surface area contributed by atoms with Crippen LogP contribution in [0, 0.1) is 5.82 Å². The van der Waals surface area contributed by atoms with Crippen molar-refractivity contribution in [2.45, 2.75) is 23.8 Å². The highest BCUT2D eigenvalue weighted by Gasteiger charge is 2.39. The van der Waals surface area contributed by atoms with Crippen LogP contribution in [0.2, 0.25) is 0 Å². The maximum absolute atomic E-state index is 13.0. The van der Waals surface area contributed by atoms with Crippen LogP contribution in [-0.2, 0) is 19.6 Å². The Morgan fingerprint density at radius 1 is 1.29 bits per heavy atom. The van der Waals surface area contributed by atoms with E-state index in [2.05, 4.69) is 5.32 Å². The van der Waals surface area contributed by atoms with Crippen LogP contribution in [0.5, 0.6) is 0 Å². The molecule has 0 aromatic heterocycles. The molecule has 1 fully saturated rings. The van der Waals surface area contributed by atoms with E-state index in [0.29, 0.717) is 12.8 Å². The van der Waals surface area contributed by atoms with Crippen LogP contribution in [0.4, 0.5) is 4.39 Å². The zero-order valence-corrected chi connectivity index (χ0v) is 14.3. The molecule has 0 spiro atoms. The quantitative estimate of drug-likeness (QED) is 0.815. The number of nitrogens with zero attached hydrogens (tertiary/aromatic N) is 2. The van der Waals surface area contributed by atoms with Crippen LogP contribution >= 0.6 is 0 Å². The molecule has 1 aromatic carbocycles. The van der Waals surface area contributed by atoms with E-state index in [0.717, 1.165) is 16.4 Å². The molecule has 1 saturated heterocycles. The minimum absolute atomic E-state index is 0.0621. The van der Waals surface area contributed by atoms with E-state index in [9.17, 15) is 22.4 Å². The van der Waals surface area contributed by atoms with E-state index in [-0.39, 0.29) is 23.9 Å². The van der Waals surface area contributed by atoms with E-state index in [1.54, 1.807) is 14.1 Å². The van der Waals surface area contributed by atoms with Gasteiger partial charge in [-0.3, -0.25) is 9.59 Å². The molecule has 2 amide bonds. The highest BCUT2D eigenvalue weighted by molar-refractivity contribution is 7.89. The fourth-order valence-electron chi connectivity index (χ4n) is 2.47. The van der Waals surface area contributed by atoms with Crippen molar-refractivity contribution in [1.82, 2.24) is 14.5 Å². The summed E-state index contributed by atoms with van der Waals surface area (Å²) in [5.41, 5.74) is 0. The van der Waals surface area contributed by atoms with Crippen molar-refractivity contribution in [3.05, 3.63) is 30.1 Å². The van der Waals surface area contributed by atoms with Crippen LogP contribution in [0.15, 0.2) is 29.2 Å². The van der Waals surface area contributed by atoms with E-state index in [1.807, 2.05) is 0 Å². The SMILES string of the molecule is CN(C)C(=O)CNC(=O)[C@@H]1CCCN1S(=O)(=O)c1ccc(F)cc1. The molecule has 0 saturated carbocycles. The van der Waals surface area contributed by atoms with Gasteiger partial charge in [-0.1, -0.05) is 0 Å². The summed E-state index contributed by atoms with van der Waals surface area (Å²) in [6, 6.07) is 3.61. The average molecular weight is 357 g/mol. The summed E-state index contributed by atoms with van der Waals surface area (Å²) in [7, 11) is -0.764. The fraction of sp³-hybridized carbons (Fsp3) is 0.467. The molecule has 0 bridgehead atoms. The van der Waals surface area contributed by atoms with Gasteiger partial charge in [-0.25, -0.2) is 12.8 Å². The van der Waals surface area contributed by atoms with Crippen molar-refractivity contribution in [2.75, 3.05) is 27.2 Å². The van der Waals surface area contributed by atoms with Gasteiger partial charge in [-0.2, -0.15) is 4.31 Å². The van der Waals surface area contributed by atoms with Crippen LogP contribution in [0.3, 0.4) is 0 Å². The molecule has 9 heteroatoms. The smallest absolute Gasteiger partial charge is 0.243 e. The van der Waals surface area contributed by atoms with Crippen LogP contribution in [0.1, 0.15) is 12.8 Å². The number of amides is 2. The first-order chi connectivity index (χ1) is 11.2. The van der Waals surface area contributed by atoms with Gasteiger partial charge in [0.25, 0.3) is 0 Å². The molecule has 1 aliphatic heterocycles. The second-order valence-corrected chi connectivity index (χ2v) is 7.62. The number of carbonyl (C=O) groups excluding carboxylic acids is 2. The zero-order valence-electron chi connectivity index (χ0n) is 13.5. The highest BCUT2D eigenvalue weighted by atomic mass is 32.2. The van der Waals surface area contributed by atoms with Crippen molar-refractivity contribution < 1.29 is 22.4 Å². The molecule has 1 atom stereocenters. The molecule has 1 aromatic rings. The summed E-state index contributed by atoms with van der Waals surface area (Å²) in [4.78, 5) is 25.1. The van der Waals surface area contributed by atoms with E-state index >= 15 is 0 Å². The number of nitrogens with one attached hydrogen (secondary N) is 1. The standard InChI is InChI=1S/C15H20FN3O4S/c1-18(2)14(20)10-17-15(21)13-4-3-9-19(13)24(22,23)12-7-5-11(16)6-8-12/h5-8,13H,3-4,9-10H2,1-2H3,(H,17,21)/t13-/m0/s1. The topological polar surface area (TPSA) is 86.8 Å². The Balaban J connectivity index is 2.13. The highest BCUT2D eigenvalue weighted by Crippen LogP contribution is 2.26. The van der Waals surface area contributed by atoms with Crippen LogP contribution < -0.4 is 5.32 Å². The molecule has 0 unspecified atom stereocenters. The summed E-state index contributed by atoms with van der Waals surface area (Å²) >= 11 is 0. The van der Waals surface area contributed by atoms with Gasteiger partial charge in [0.2, 0.25) is 21.8 Å². The Bertz CT molecular complexity index is 719. The van der Waals surface area contributed by atoms with Crippen molar-refractivity contribution in [1.29, 1.82) is 0 Å². The monoisotopic (exact) mass is 357 g/mol. The lowest BCUT2D eigenvalue weighted by molar-refractivity contribution is -0.131. The molecule has 24 heavy (non-hydrogen) atoms. The first-order valence-electron chi connectivity index (χ1n) is 7.49. The maximum atomic E-state index is 13.0. The molecule has 7 nitrogen and oxygen atoms in total. The number of halogens is 1. The lowest BCUT2D eigenvalue weighted by atomic mass is 10.2. The lowest BCUT2D eigenvalue weighted by Crippen LogP contribution is -2.48. The molecule has 1 aliphatic rings. The first kappa shape index (κ1) is 18.3. The van der Waals surface area contributed by atoms with Crippen molar-refractivity contribution in [3.63, 3.8) is 0 Å². The van der Waals surface area contributed by atoms with Gasteiger partial charge in [0.1, 0.15) is 11.9 Å². The number of carbonyl (C=O) groups is 2. The van der Waals surface area contributed by atoms with E-state index in [1.165, 1.54) is 17.0 Å². The van der Waals surface area contributed by atoms with Crippen molar-refractivity contribution in [3.8, 4) is 0 Å². The van der Waals surface area contributed by atoms with E-state index in [4.69, 9.17) is 0 Å². The number of rotatable bonds is 5. The third kappa shape index (κ3) is 3.90. The molecule has 132 valence electrons. The van der Waals surface area contributed by atoms with Crippen molar-refractivity contribution >= 4 is 21.8 Å². The fourth-order valence-corrected chi connectivity index (χ4v) is 4.13. The zero-order chi connectivity index (χ0) is 17.9. The minimum Gasteiger partial charge on any atom is -0.347 e. The number of sulfonamides is 1. The summed E-state index contributed by atoms with van der Waals surface area (Å²) in [5.74, 6) is -1.32. The second kappa shape index (κ2) is 7.27. The number of hydrogen-bond donors (Lipinski definition) is 1. The molecule has 1 N–H and O–H groups in total. The minimum atomic E-state index is -3.89. The first-order valence-corrected chi connectivity index (χ1v) is 8.93. The van der Waals surface area contributed by atoms with Gasteiger partial charge in [0.05, 0.1) is 11.4 Å². The Kier molecular flexibility index (Phi) is 5.55. The summed E-state index contributed by atoms with van der Waals surface area (Å²) in [6.45, 7) is 0.0200. The molecular weight excluding hydrogens is 337 g/mol. The largest absolute Gasteiger partial charge is 0.347 e. The maximum Gasteiger partial charge on any atom is 0.243 e. The molecule has 1 heterocycles. The van der Waals surface area contributed by atoms with Gasteiger partial charge in [0.15, 0.2) is 0 Å². The van der Waals surface area contributed by atoms with Gasteiger partial charge in [0, 0.05) is 20.6 Å². The Morgan fingerprint density at radius 2 is 1.92 bits per heavy atom. The number of hydrogen-bond acceptors (Lipinski definition) is 4. The van der Waals surface area contributed by atoms with Crippen LogP contribution in [-0.4, -0.2) is 62.7 Å². The summed E-state index contributed by atoms with van der Waals surface area (Å²) in [5, 5.41) is 2.47. The third-order valence-electron chi connectivity index (χ3n) is 3.84. The molecule has 0 radical (unpaired) electrons. The normalized spacial score (nSPS) is 18.4. The third-order valence-corrected chi connectivity index (χ3v) is 5.76.